The van der Waals surface area contributed by atoms with Crippen LogP contribution in [0.2, 0.25) is 0 Å². The quantitative estimate of drug-likeness (QED) is 0.789. The van der Waals surface area contributed by atoms with E-state index in [9.17, 15) is 4.79 Å². The van der Waals surface area contributed by atoms with Gasteiger partial charge in [0.05, 0.1) is 6.42 Å². The van der Waals surface area contributed by atoms with Gasteiger partial charge in [0.1, 0.15) is 0 Å². The van der Waals surface area contributed by atoms with Gasteiger partial charge >= 0.3 is 0 Å². The van der Waals surface area contributed by atoms with E-state index in [1.165, 1.54) is 16.3 Å². The number of aromatic nitrogens is 1. The Morgan fingerprint density at radius 1 is 1.60 bits per heavy atom. The van der Waals surface area contributed by atoms with Crippen molar-refractivity contribution in [1.82, 2.24) is 4.98 Å². The molecule has 0 spiro atoms. The Kier molecular flexibility index (Phi) is 2.81. The molecule has 1 aliphatic rings. The first-order chi connectivity index (χ1) is 7.16. The number of hydrogen-bond donors (Lipinski definition) is 0. The second-order valence-corrected chi connectivity index (χ2v) is 4.83. The Hall–Kier alpha value is -1.23. The van der Waals surface area contributed by atoms with Crippen LogP contribution >= 0.6 is 11.3 Å². The Balaban J connectivity index is 2.14. The highest BCUT2D eigenvalue weighted by atomic mass is 32.1. The van der Waals surface area contributed by atoms with E-state index in [-0.39, 0.29) is 5.91 Å². The van der Waals surface area contributed by atoms with Crippen LogP contribution in [0.5, 0.6) is 0 Å². The Morgan fingerprint density at radius 2 is 2.40 bits per heavy atom. The topological polar surface area (TPSA) is 45.6 Å². The molecule has 1 aromatic rings. The van der Waals surface area contributed by atoms with Crippen LogP contribution in [-0.4, -0.2) is 16.6 Å². The third kappa shape index (κ3) is 2.23. The molecule has 0 N–H and O–H groups in total. The normalized spacial score (nSPS) is 16.3. The van der Waals surface area contributed by atoms with Gasteiger partial charge in [-0.25, -0.2) is 4.98 Å². The predicted octanol–water partition coefficient (Wildman–Crippen LogP) is 2.28. The molecule has 0 fully saturated rings. The monoisotopic (exact) mass is 223 g/mol. The summed E-state index contributed by atoms with van der Waals surface area (Å²) < 4.78 is 0. The molecule has 0 saturated carbocycles. The van der Waals surface area contributed by atoms with E-state index < -0.39 is 0 Å². The SMILES string of the molecule is CC(C)CC1=NN(c2nccs2)C(=O)C1. The first-order valence-corrected chi connectivity index (χ1v) is 5.83. The maximum absolute atomic E-state index is 11.6. The molecule has 1 aromatic heterocycles. The van der Waals surface area contributed by atoms with Crippen molar-refractivity contribution in [3.63, 3.8) is 0 Å². The zero-order valence-electron chi connectivity index (χ0n) is 8.80. The number of carbonyl (C=O) groups excluding carboxylic acids is 1. The van der Waals surface area contributed by atoms with Crippen LogP contribution in [0.15, 0.2) is 16.7 Å². The van der Waals surface area contributed by atoms with Gasteiger partial charge in [-0.2, -0.15) is 10.1 Å². The van der Waals surface area contributed by atoms with Crippen molar-refractivity contribution >= 4 is 28.1 Å². The van der Waals surface area contributed by atoms with E-state index in [1.807, 2.05) is 5.38 Å². The standard InChI is InChI=1S/C10H13N3OS/c1-7(2)5-8-6-9(14)13(12-8)10-11-3-4-15-10/h3-4,7H,5-6H2,1-2H3. The molecule has 5 heteroatoms. The summed E-state index contributed by atoms with van der Waals surface area (Å²) >= 11 is 1.43. The van der Waals surface area contributed by atoms with Crippen LogP contribution in [0.3, 0.4) is 0 Å². The van der Waals surface area contributed by atoms with E-state index in [1.54, 1.807) is 6.20 Å². The second kappa shape index (κ2) is 4.10. The summed E-state index contributed by atoms with van der Waals surface area (Å²) in [4.78, 5) is 15.7. The fraction of sp³-hybridized carbons (Fsp3) is 0.500. The molecule has 0 aliphatic carbocycles. The Morgan fingerprint density at radius 3 is 3.00 bits per heavy atom. The minimum absolute atomic E-state index is 0.0283. The lowest BCUT2D eigenvalue weighted by atomic mass is 10.1. The van der Waals surface area contributed by atoms with Gasteiger partial charge in [0, 0.05) is 17.3 Å². The molecule has 2 rings (SSSR count). The highest BCUT2D eigenvalue weighted by molar-refractivity contribution is 7.13. The number of hydrazone groups is 1. The molecule has 0 radical (unpaired) electrons. The van der Waals surface area contributed by atoms with Crippen LogP contribution in [0.1, 0.15) is 26.7 Å². The van der Waals surface area contributed by atoms with Crippen molar-refractivity contribution in [2.24, 2.45) is 11.0 Å². The minimum atomic E-state index is 0.0283. The number of hydrogen-bond acceptors (Lipinski definition) is 4. The van der Waals surface area contributed by atoms with Crippen LogP contribution in [0.4, 0.5) is 5.13 Å². The van der Waals surface area contributed by atoms with E-state index in [0.29, 0.717) is 17.5 Å². The van der Waals surface area contributed by atoms with Gasteiger partial charge in [-0.3, -0.25) is 4.79 Å². The summed E-state index contributed by atoms with van der Waals surface area (Å²) in [5, 5.41) is 8.23. The summed E-state index contributed by atoms with van der Waals surface area (Å²) in [6, 6.07) is 0. The summed E-state index contributed by atoms with van der Waals surface area (Å²) in [5.41, 5.74) is 0.963. The first kappa shape index (κ1) is 10.3. The van der Waals surface area contributed by atoms with Gasteiger partial charge in [-0.1, -0.05) is 13.8 Å². The summed E-state index contributed by atoms with van der Waals surface area (Å²) in [5.74, 6) is 0.563. The van der Waals surface area contributed by atoms with Crippen LogP contribution in [0.25, 0.3) is 0 Å². The lowest BCUT2D eigenvalue weighted by Crippen LogP contribution is -2.19. The fourth-order valence-electron chi connectivity index (χ4n) is 1.54. The number of carbonyl (C=O) groups is 1. The van der Waals surface area contributed by atoms with Crippen molar-refractivity contribution in [3.05, 3.63) is 11.6 Å². The maximum Gasteiger partial charge on any atom is 0.255 e. The molecule has 0 aromatic carbocycles. The molecule has 0 saturated heterocycles. The predicted molar refractivity (Wildman–Crippen MR) is 61.1 cm³/mol. The van der Waals surface area contributed by atoms with Gasteiger partial charge in [-0.05, 0) is 12.3 Å². The average molecular weight is 223 g/mol. The lowest BCUT2D eigenvalue weighted by Gasteiger charge is -2.05. The van der Waals surface area contributed by atoms with Crippen molar-refractivity contribution in [3.8, 4) is 0 Å². The van der Waals surface area contributed by atoms with E-state index >= 15 is 0 Å². The Labute approximate surface area is 92.6 Å². The molecule has 1 amide bonds. The molecule has 4 nitrogen and oxygen atoms in total. The molecule has 2 heterocycles. The van der Waals surface area contributed by atoms with Crippen molar-refractivity contribution < 1.29 is 4.79 Å². The lowest BCUT2D eigenvalue weighted by molar-refractivity contribution is -0.116. The number of nitrogens with zero attached hydrogens (tertiary/aromatic N) is 3. The number of rotatable bonds is 3. The third-order valence-corrected chi connectivity index (χ3v) is 2.82. The van der Waals surface area contributed by atoms with Gasteiger partial charge < -0.3 is 0 Å². The molecular formula is C10H13N3OS. The van der Waals surface area contributed by atoms with E-state index in [0.717, 1.165) is 12.1 Å². The average Bonchev–Trinajstić information content (AvgIpc) is 2.72. The van der Waals surface area contributed by atoms with Crippen molar-refractivity contribution in [2.75, 3.05) is 5.01 Å². The maximum atomic E-state index is 11.6. The van der Waals surface area contributed by atoms with Crippen LogP contribution < -0.4 is 5.01 Å². The smallest absolute Gasteiger partial charge is 0.255 e. The minimum Gasteiger partial charge on any atom is -0.272 e. The van der Waals surface area contributed by atoms with Crippen molar-refractivity contribution in [1.29, 1.82) is 0 Å². The van der Waals surface area contributed by atoms with Crippen LogP contribution in [0, 0.1) is 5.92 Å². The zero-order chi connectivity index (χ0) is 10.8. The second-order valence-electron chi connectivity index (χ2n) is 3.96. The molecule has 1 aliphatic heterocycles. The molecule has 80 valence electrons. The van der Waals surface area contributed by atoms with Crippen molar-refractivity contribution in [2.45, 2.75) is 26.7 Å². The van der Waals surface area contributed by atoms with Gasteiger partial charge in [0.25, 0.3) is 5.91 Å². The summed E-state index contributed by atoms with van der Waals surface area (Å²) in [7, 11) is 0. The summed E-state index contributed by atoms with van der Waals surface area (Å²) in [6.45, 7) is 4.25. The largest absolute Gasteiger partial charge is 0.272 e. The number of amides is 1. The molecular weight excluding hydrogens is 210 g/mol. The Bertz CT molecular complexity index is 383. The number of anilines is 1. The first-order valence-electron chi connectivity index (χ1n) is 4.95. The zero-order valence-corrected chi connectivity index (χ0v) is 9.62. The molecule has 0 atom stereocenters. The number of thiazole rings is 1. The third-order valence-electron chi connectivity index (χ3n) is 2.08. The highest BCUT2D eigenvalue weighted by Crippen LogP contribution is 2.24. The highest BCUT2D eigenvalue weighted by Gasteiger charge is 2.26. The van der Waals surface area contributed by atoms with E-state index in [2.05, 4.69) is 23.9 Å². The van der Waals surface area contributed by atoms with Gasteiger partial charge in [-0.15, -0.1) is 11.3 Å². The van der Waals surface area contributed by atoms with Gasteiger partial charge in [0.15, 0.2) is 0 Å². The van der Waals surface area contributed by atoms with Gasteiger partial charge in [0.2, 0.25) is 5.13 Å². The molecule has 15 heavy (non-hydrogen) atoms. The van der Waals surface area contributed by atoms with Crippen LogP contribution in [-0.2, 0) is 4.79 Å². The fourth-order valence-corrected chi connectivity index (χ4v) is 2.14. The summed E-state index contributed by atoms with van der Waals surface area (Å²) in [6.07, 6.45) is 3.01. The molecule has 0 unspecified atom stereocenters. The van der Waals surface area contributed by atoms with E-state index in [4.69, 9.17) is 0 Å². The molecule has 0 bridgehead atoms.